The summed E-state index contributed by atoms with van der Waals surface area (Å²) in [5, 5.41) is 0. The lowest BCUT2D eigenvalue weighted by atomic mass is 9.85. The summed E-state index contributed by atoms with van der Waals surface area (Å²) in [5.41, 5.74) is 1.91. The topological polar surface area (TPSA) is 42.0 Å². The molecule has 2 aromatic rings. The van der Waals surface area contributed by atoms with Crippen molar-refractivity contribution in [2.75, 3.05) is 31.7 Å². The van der Waals surface area contributed by atoms with Crippen molar-refractivity contribution in [2.45, 2.75) is 37.8 Å². The maximum absolute atomic E-state index is 13.7. The lowest BCUT2D eigenvalue weighted by molar-refractivity contribution is -0.126. The number of benzene rings is 2. The largest absolute Gasteiger partial charge is 0.493 e. The Kier molecular flexibility index (Phi) is 4.50. The molecule has 5 heteroatoms. The molecular weight excluding hydrogens is 364 g/mol. The molecule has 1 amide bonds. The maximum Gasteiger partial charge on any atom is 0.247 e. The Hall–Kier alpha value is -2.53. The lowest BCUT2D eigenvalue weighted by Gasteiger charge is -2.33. The molecule has 3 aliphatic rings. The summed E-state index contributed by atoms with van der Waals surface area (Å²) < 4.78 is 11.3. The molecule has 29 heavy (non-hydrogen) atoms. The van der Waals surface area contributed by atoms with Crippen LogP contribution < -0.4 is 14.4 Å². The van der Waals surface area contributed by atoms with Gasteiger partial charge in [-0.05, 0) is 62.6 Å². The van der Waals surface area contributed by atoms with E-state index in [-0.39, 0.29) is 17.5 Å². The summed E-state index contributed by atoms with van der Waals surface area (Å²) in [4.78, 5) is 18.2. The highest BCUT2D eigenvalue weighted by molar-refractivity contribution is 6.03. The summed E-state index contributed by atoms with van der Waals surface area (Å²) in [6, 6.07) is 16.6. The first-order valence-corrected chi connectivity index (χ1v) is 10.6. The van der Waals surface area contributed by atoms with E-state index in [2.05, 4.69) is 17.0 Å². The van der Waals surface area contributed by atoms with Crippen LogP contribution in [0.2, 0.25) is 0 Å². The molecule has 0 unspecified atom stereocenters. The smallest absolute Gasteiger partial charge is 0.247 e. The van der Waals surface area contributed by atoms with E-state index < -0.39 is 0 Å². The van der Waals surface area contributed by atoms with Crippen molar-refractivity contribution in [3.63, 3.8) is 0 Å². The quantitative estimate of drug-likeness (QED) is 0.770. The minimum Gasteiger partial charge on any atom is -0.493 e. The molecule has 0 aliphatic carbocycles. The third-order valence-corrected chi connectivity index (χ3v) is 6.99. The number of nitrogens with zero attached hydrogens (tertiary/aromatic N) is 2. The number of amides is 1. The number of hydrogen-bond donors (Lipinski definition) is 0. The van der Waals surface area contributed by atoms with Gasteiger partial charge in [-0.1, -0.05) is 24.3 Å². The molecule has 0 saturated carbocycles. The van der Waals surface area contributed by atoms with Crippen LogP contribution >= 0.6 is 0 Å². The zero-order valence-corrected chi connectivity index (χ0v) is 17.1. The first-order valence-electron chi connectivity index (χ1n) is 10.6. The second kappa shape index (κ2) is 7.06. The van der Waals surface area contributed by atoms with Crippen molar-refractivity contribution in [3.05, 3.63) is 54.1 Å². The molecular formula is C24H28N2O3. The van der Waals surface area contributed by atoms with E-state index in [4.69, 9.17) is 9.47 Å². The third kappa shape index (κ3) is 2.67. The number of para-hydroxylation sites is 1. The van der Waals surface area contributed by atoms with E-state index in [0.717, 1.165) is 49.5 Å². The highest BCUT2D eigenvalue weighted by Gasteiger charge is 2.65. The molecule has 0 aromatic heterocycles. The number of anilines is 1. The minimum atomic E-state index is -0.341. The molecule has 3 aliphatic heterocycles. The van der Waals surface area contributed by atoms with E-state index >= 15 is 0 Å². The van der Waals surface area contributed by atoms with Crippen molar-refractivity contribution in [1.29, 1.82) is 0 Å². The van der Waals surface area contributed by atoms with E-state index in [0.29, 0.717) is 12.5 Å². The van der Waals surface area contributed by atoms with Crippen LogP contribution in [0.3, 0.4) is 0 Å². The number of hydrogen-bond acceptors (Lipinski definition) is 4. The number of carbonyl (C=O) groups is 1. The normalized spacial score (nSPS) is 28.5. The van der Waals surface area contributed by atoms with Gasteiger partial charge in [-0.25, -0.2) is 0 Å². The first kappa shape index (κ1) is 18.5. The van der Waals surface area contributed by atoms with Gasteiger partial charge >= 0.3 is 0 Å². The fourth-order valence-corrected chi connectivity index (χ4v) is 5.81. The maximum atomic E-state index is 13.7. The molecule has 1 spiro atoms. The van der Waals surface area contributed by atoms with Gasteiger partial charge in [-0.2, -0.15) is 0 Å². The fourth-order valence-electron chi connectivity index (χ4n) is 5.81. The van der Waals surface area contributed by atoms with Crippen LogP contribution in [0, 0.1) is 5.92 Å². The van der Waals surface area contributed by atoms with Gasteiger partial charge in [-0.15, -0.1) is 0 Å². The monoisotopic (exact) mass is 392 g/mol. The van der Waals surface area contributed by atoms with Gasteiger partial charge < -0.3 is 14.4 Å². The first-order chi connectivity index (χ1) is 14.2. The van der Waals surface area contributed by atoms with Gasteiger partial charge in [0.15, 0.2) is 11.5 Å². The number of carbonyl (C=O) groups excluding carboxylic acids is 1. The minimum absolute atomic E-state index is 0.259. The van der Waals surface area contributed by atoms with Crippen LogP contribution in [-0.2, 0) is 4.79 Å². The van der Waals surface area contributed by atoms with Crippen LogP contribution in [0.15, 0.2) is 48.5 Å². The molecule has 0 N–H and O–H groups in total. The highest BCUT2D eigenvalue weighted by atomic mass is 16.5. The standard InChI is InChI=1S/C24H28N2O3/c1-3-29-22-14-17(10-11-21(22)28-2)20-15-18-16-25(19-8-5-4-6-9-19)23(27)24(18)12-7-13-26(20)24/h4-6,8-11,14,18,20H,3,7,12-13,15-16H2,1-2H3/t18-,20-,24-/m0/s1. The van der Waals surface area contributed by atoms with Crippen LogP contribution in [-0.4, -0.2) is 43.2 Å². The Balaban J connectivity index is 1.48. The highest BCUT2D eigenvalue weighted by Crippen LogP contribution is 2.56. The molecule has 3 fully saturated rings. The summed E-state index contributed by atoms with van der Waals surface area (Å²) in [6.07, 6.45) is 3.05. The zero-order chi connectivity index (χ0) is 20.0. The summed E-state index contributed by atoms with van der Waals surface area (Å²) >= 11 is 0. The van der Waals surface area contributed by atoms with Crippen LogP contribution in [0.5, 0.6) is 11.5 Å². The molecule has 3 atom stereocenters. The second-order valence-electron chi connectivity index (χ2n) is 8.26. The third-order valence-electron chi connectivity index (χ3n) is 6.99. The predicted octanol–water partition coefficient (Wildman–Crippen LogP) is 4.04. The van der Waals surface area contributed by atoms with Crippen LogP contribution in [0.25, 0.3) is 0 Å². The Labute approximate surface area is 172 Å². The summed E-state index contributed by atoms with van der Waals surface area (Å²) in [7, 11) is 1.67. The molecule has 3 saturated heterocycles. The molecule has 2 aromatic carbocycles. The zero-order valence-electron chi connectivity index (χ0n) is 17.1. The van der Waals surface area contributed by atoms with Crippen molar-refractivity contribution in [3.8, 4) is 11.5 Å². The van der Waals surface area contributed by atoms with E-state index in [1.54, 1.807) is 7.11 Å². The van der Waals surface area contributed by atoms with Crippen molar-refractivity contribution < 1.29 is 14.3 Å². The Bertz CT molecular complexity index is 916. The molecule has 3 heterocycles. The van der Waals surface area contributed by atoms with E-state index in [1.807, 2.05) is 48.2 Å². The SMILES string of the molecule is CCOc1cc([C@@H]2C[C@H]3CN(c4ccccc4)C(=O)[C@]34CCCN24)ccc1OC. The molecule has 152 valence electrons. The number of rotatable bonds is 5. The second-order valence-corrected chi connectivity index (χ2v) is 8.26. The Morgan fingerprint density at radius 1 is 1.14 bits per heavy atom. The van der Waals surface area contributed by atoms with Gasteiger partial charge in [0.1, 0.15) is 5.54 Å². The van der Waals surface area contributed by atoms with E-state index in [1.165, 1.54) is 5.56 Å². The van der Waals surface area contributed by atoms with Gasteiger partial charge in [0.25, 0.3) is 0 Å². The number of methoxy groups -OCH3 is 1. The van der Waals surface area contributed by atoms with E-state index in [9.17, 15) is 4.79 Å². The van der Waals surface area contributed by atoms with Crippen molar-refractivity contribution in [1.82, 2.24) is 4.90 Å². The van der Waals surface area contributed by atoms with Gasteiger partial charge in [-0.3, -0.25) is 9.69 Å². The predicted molar refractivity (Wildman–Crippen MR) is 112 cm³/mol. The fraction of sp³-hybridized carbons (Fsp3) is 0.458. The van der Waals surface area contributed by atoms with Crippen molar-refractivity contribution in [2.24, 2.45) is 5.92 Å². The van der Waals surface area contributed by atoms with Crippen LogP contribution in [0.1, 0.15) is 37.8 Å². The van der Waals surface area contributed by atoms with Crippen molar-refractivity contribution >= 4 is 11.6 Å². The van der Waals surface area contributed by atoms with Gasteiger partial charge in [0, 0.05) is 24.2 Å². The number of ether oxygens (including phenoxy) is 2. The summed E-state index contributed by atoms with van der Waals surface area (Å²) in [6.45, 7) is 4.37. The van der Waals surface area contributed by atoms with Gasteiger partial charge in [0.2, 0.25) is 5.91 Å². The molecule has 5 nitrogen and oxygen atoms in total. The van der Waals surface area contributed by atoms with Gasteiger partial charge in [0.05, 0.1) is 13.7 Å². The molecule has 0 bridgehead atoms. The average molecular weight is 392 g/mol. The molecule has 5 rings (SSSR count). The lowest BCUT2D eigenvalue weighted by Crippen LogP contribution is -2.49. The average Bonchev–Trinajstić information content (AvgIpc) is 3.39. The van der Waals surface area contributed by atoms with Crippen LogP contribution in [0.4, 0.5) is 5.69 Å². The summed E-state index contributed by atoms with van der Waals surface area (Å²) in [5.74, 6) is 2.19. The Morgan fingerprint density at radius 3 is 2.72 bits per heavy atom. The Morgan fingerprint density at radius 2 is 1.97 bits per heavy atom. The molecule has 0 radical (unpaired) electrons.